The molecule has 1 aliphatic heterocycles. The van der Waals surface area contributed by atoms with Crippen molar-refractivity contribution < 1.29 is 14.3 Å². The number of amides is 1. The number of carbonyl (C=O) groups excluding carboxylic acids is 1. The van der Waals surface area contributed by atoms with E-state index in [1.807, 2.05) is 72.8 Å². The zero-order valence-electron chi connectivity index (χ0n) is 22.2. The van der Waals surface area contributed by atoms with Crippen molar-refractivity contribution >= 4 is 60.9 Å². The average molecular weight is 695 g/mol. The molecule has 208 valence electrons. The summed E-state index contributed by atoms with van der Waals surface area (Å²) in [4.78, 5) is 32.9. The smallest absolute Gasteiger partial charge is 0.271 e. The number of nitrogens with zero attached hydrogens (tertiary/aromatic N) is 2. The Morgan fingerprint density at radius 1 is 1.12 bits per heavy atom. The first-order valence-electron chi connectivity index (χ1n) is 12.6. The van der Waals surface area contributed by atoms with Crippen LogP contribution >= 0.6 is 43.2 Å². The first-order valence-corrected chi connectivity index (χ1v) is 15.0. The molecule has 1 amide bonds. The number of nitrogens with one attached hydrogen (secondary N) is 1. The quantitative estimate of drug-likeness (QED) is 0.231. The van der Waals surface area contributed by atoms with Crippen LogP contribution in [-0.2, 0) is 4.79 Å². The number of hydrogen-bond donors (Lipinski definition) is 1. The number of rotatable bonds is 8. The van der Waals surface area contributed by atoms with E-state index in [0.717, 1.165) is 20.1 Å². The van der Waals surface area contributed by atoms with Gasteiger partial charge in [-0.3, -0.25) is 14.2 Å². The lowest BCUT2D eigenvalue weighted by molar-refractivity contribution is -0.113. The molecule has 0 fully saturated rings. The van der Waals surface area contributed by atoms with Crippen molar-refractivity contribution in [3.05, 3.63) is 130 Å². The molecule has 2 heterocycles. The minimum absolute atomic E-state index is 0.244. The fourth-order valence-corrected chi connectivity index (χ4v) is 7.03. The Kier molecular flexibility index (Phi) is 8.72. The molecule has 0 saturated carbocycles. The Hall–Kier alpha value is -3.73. The van der Waals surface area contributed by atoms with E-state index in [-0.39, 0.29) is 11.5 Å². The van der Waals surface area contributed by atoms with Crippen molar-refractivity contribution in [3.63, 3.8) is 0 Å². The maximum atomic E-state index is 14.0. The number of anilines is 1. The second-order valence-corrected chi connectivity index (χ2v) is 11.8. The van der Waals surface area contributed by atoms with Gasteiger partial charge in [-0.15, -0.1) is 0 Å². The lowest BCUT2D eigenvalue weighted by Crippen LogP contribution is -2.40. The Morgan fingerprint density at radius 2 is 1.80 bits per heavy atom. The normalized spacial score (nSPS) is 14.7. The molecular weight excluding hydrogens is 670 g/mol. The monoisotopic (exact) mass is 693 g/mol. The second kappa shape index (κ2) is 12.4. The van der Waals surface area contributed by atoms with Gasteiger partial charge in [0.25, 0.3) is 11.5 Å². The van der Waals surface area contributed by atoms with Crippen LogP contribution in [0.4, 0.5) is 5.69 Å². The van der Waals surface area contributed by atoms with Gasteiger partial charge in [0.15, 0.2) is 4.80 Å². The van der Waals surface area contributed by atoms with E-state index < -0.39 is 6.04 Å². The predicted molar refractivity (Wildman–Crippen MR) is 169 cm³/mol. The van der Waals surface area contributed by atoms with Crippen LogP contribution < -0.4 is 29.7 Å². The Balaban J connectivity index is 1.64. The molecule has 41 heavy (non-hydrogen) atoms. The number of fused-ring (bicyclic) bond motifs is 1. The van der Waals surface area contributed by atoms with Gasteiger partial charge in [-0.05, 0) is 92.4 Å². The molecule has 5 rings (SSSR count). The van der Waals surface area contributed by atoms with Crippen LogP contribution in [-0.4, -0.2) is 24.2 Å². The minimum atomic E-state index is -0.684. The van der Waals surface area contributed by atoms with E-state index in [4.69, 9.17) is 14.5 Å². The topological polar surface area (TPSA) is 81.9 Å². The van der Waals surface area contributed by atoms with Gasteiger partial charge >= 0.3 is 0 Å². The number of ether oxygens (including phenoxy) is 2. The Bertz CT molecular complexity index is 1820. The van der Waals surface area contributed by atoms with Gasteiger partial charge in [0.1, 0.15) is 18.1 Å². The summed E-state index contributed by atoms with van der Waals surface area (Å²) in [5.74, 6) is 0.997. The van der Waals surface area contributed by atoms with Crippen LogP contribution in [0.2, 0.25) is 0 Å². The number of halogens is 2. The number of allylic oxidation sites excluding steroid dienone is 1. The van der Waals surface area contributed by atoms with E-state index in [1.54, 1.807) is 24.7 Å². The van der Waals surface area contributed by atoms with Crippen molar-refractivity contribution in [3.8, 4) is 11.5 Å². The van der Waals surface area contributed by atoms with Crippen LogP contribution in [0.15, 0.2) is 109 Å². The number of para-hydroxylation sites is 1. The molecule has 7 nitrogen and oxygen atoms in total. The highest BCUT2D eigenvalue weighted by Crippen LogP contribution is 2.35. The number of methoxy groups -OCH3 is 1. The van der Waals surface area contributed by atoms with Crippen molar-refractivity contribution in [2.24, 2.45) is 4.99 Å². The number of thiazole rings is 1. The molecule has 3 aromatic carbocycles. The highest BCUT2D eigenvalue weighted by atomic mass is 79.9. The third kappa shape index (κ3) is 6.00. The summed E-state index contributed by atoms with van der Waals surface area (Å²) < 4.78 is 14.6. The summed E-state index contributed by atoms with van der Waals surface area (Å²) in [6, 6.07) is 19.7. The summed E-state index contributed by atoms with van der Waals surface area (Å²) in [6.45, 7) is 5.84. The van der Waals surface area contributed by atoms with Crippen LogP contribution in [0.25, 0.3) is 6.08 Å². The number of carbonyl (C=O) groups is 1. The van der Waals surface area contributed by atoms with E-state index in [2.05, 4.69) is 43.8 Å². The molecule has 1 atom stereocenters. The average Bonchev–Trinajstić information content (AvgIpc) is 3.26. The molecule has 0 spiro atoms. The second-order valence-electron chi connectivity index (χ2n) is 9.09. The van der Waals surface area contributed by atoms with Crippen LogP contribution in [0.3, 0.4) is 0 Å². The van der Waals surface area contributed by atoms with Gasteiger partial charge < -0.3 is 14.8 Å². The zero-order valence-corrected chi connectivity index (χ0v) is 26.2. The van der Waals surface area contributed by atoms with Crippen LogP contribution in [0.5, 0.6) is 11.5 Å². The lowest BCUT2D eigenvalue weighted by Gasteiger charge is -2.25. The van der Waals surface area contributed by atoms with Gasteiger partial charge in [0.05, 0.1) is 37.9 Å². The third-order valence-electron chi connectivity index (χ3n) is 6.39. The van der Waals surface area contributed by atoms with Crippen LogP contribution in [0.1, 0.15) is 24.1 Å². The van der Waals surface area contributed by atoms with E-state index in [0.29, 0.717) is 44.4 Å². The summed E-state index contributed by atoms with van der Waals surface area (Å²) in [5, 5.41) is 2.96. The summed E-state index contributed by atoms with van der Waals surface area (Å²) >= 11 is 8.39. The third-order valence-corrected chi connectivity index (χ3v) is 8.55. The fraction of sp³-hybridized carbons (Fsp3) is 0.129. The predicted octanol–water partition coefficient (Wildman–Crippen LogP) is 5.97. The maximum Gasteiger partial charge on any atom is 0.271 e. The molecule has 10 heteroatoms. The standard InChI is InChI=1S/C31H25Br2N3O4S/c1-4-14-40-28-23(32)15-19(16-24(28)33)17-25-30(38)36-27(20-10-12-22(39-3)13-11-20)26(18(2)34-31(36)41-25)29(37)35-21-8-6-5-7-9-21/h4-13,15-17,27H,1,14H2,2-3H3,(H,35,37)/b25-17+/t27-/m1/s1. The van der Waals surface area contributed by atoms with E-state index in [9.17, 15) is 9.59 Å². The molecule has 0 radical (unpaired) electrons. The summed E-state index contributed by atoms with van der Waals surface area (Å²) in [6.07, 6.45) is 3.48. The number of benzene rings is 3. The van der Waals surface area contributed by atoms with Crippen molar-refractivity contribution in [1.29, 1.82) is 0 Å². The highest BCUT2D eigenvalue weighted by molar-refractivity contribution is 9.11. The molecule has 0 aliphatic carbocycles. The Morgan fingerprint density at radius 3 is 2.44 bits per heavy atom. The lowest BCUT2D eigenvalue weighted by atomic mass is 9.95. The van der Waals surface area contributed by atoms with Gasteiger partial charge in [0.2, 0.25) is 0 Å². The van der Waals surface area contributed by atoms with E-state index in [1.165, 1.54) is 11.3 Å². The maximum absolute atomic E-state index is 14.0. The SMILES string of the molecule is C=CCOc1c(Br)cc(/C=c2/sc3n(c2=O)[C@H](c2ccc(OC)cc2)C(C(=O)Nc2ccccc2)=C(C)N=3)cc1Br. The number of hydrogen-bond acceptors (Lipinski definition) is 6. The molecule has 1 N–H and O–H groups in total. The van der Waals surface area contributed by atoms with Crippen molar-refractivity contribution in [1.82, 2.24) is 4.57 Å². The van der Waals surface area contributed by atoms with Gasteiger partial charge in [0, 0.05) is 5.69 Å². The van der Waals surface area contributed by atoms with Gasteiger partial charge in [-0.2, -0.15) is 0 Å². The molecule has 0 saturated heterocycles. The van der Waals surface area contributed by atoms with Gasteiger partial charge in [-0.25, -0.2) is 4.99 Å². The summed E-state index contributed by atoms with van der Waals surface area (Å²) in [5.41, 5.74) is 2.90. The molecular formula is C31H25Br2N3O4S. The largest absolute Gasteiger partial charge is 0.497 e. The Labute approximate surface area is 257 Å². The first-order chi connectivity index (χ1) is 19.8. The molecule has 4 aromatic rings. The first kappa shape index (κ1) is 28.8. The molecule has 1 aromatic heterocycles. The number of aromatic nitrogens is 1. The van der Waals surface area contributed by atoms with Crippen LogP contribution in [0, 0.1) is 0 Å². The summed E-state index contributed by atoms with van der Waals surface area (Å²) in [7, 11) is 1.59. The van der Waals surface area contributed by atoms with Gasteiger partial charge in [-0.1, -0.05) is 54.3 Å². The highest BCUT2D eigenvalue weighted by Gasteiger charge is 2.32. The molecule has 0 bridgehead atoms. The molecule has 1 aliphatic rings. The van der Waals surface area contributed by atoms with Crippen molar-refractivity contribution in [2.45, 2.75) is 13.0 Å². The fourth-order valence-electron chi connectivity index (χ4n) is 4.53. The van der Waals surface area contributed by atoms with E-state index >= 15 is 0 Å². The molecule has 0 unspecified atom stereocenters. The zero-order chi connectivity index (χ0) is 29.1. The van der Waals surface area contributed by atoms with Crippen molar-refractivity contribution in [2.75, 3.05) is 19.0 Å². The minimum Gasteiger partial charge on any atom is -0.497 e.